The second-order valence-corrected chi connectivity index (χ2v) is 5.78. The van der Waals surface area contributed by atoms with E-state index in [0.717, 1.165) is 24.1 Å². The molecule has 3 heteroatoms. The van der Waals surface area contributed by atoms with Crippen LogP contribution in [0, 0.1) is 0 Å². The molecule has 1 fully saturated rings. The summed E-state index contributed by atoms with van der Waals surface area (Å²) in [5, 5.41) is 0. The molecule has 0 N–H and O–H groups in total. The zero-order valence-electron chi connectivity index (χ0n) is 12.4. The Morgan fingerprint density at radius 1 is 1.11 bits per heavy atom. The zero-order valence-corrected chi connectivity index (χ0v) is 12.4. The van der Waals surface area contributed by atoms with Gasteiger partial charge in [-0.2, -0.15) is 0 Å². The van der Waals surface area contributed by atoms with Crippen molar-refractivity contribution in [2.45, 2.75) is 45.2 Å². The van der Waals surface area contributed by atoms with Crippen molar-refractivity contribution >= 4 is 11.6 Å². The van der Waals surface area contributed by atoms with Crippen molar-refractivity contribution in [2.75, 3.05) is 19.0 Å². The minimum Gasteiger partial charge on any atom is -0.378 e. The molecule has 104 valence electrons. The Morgan fingerprint density at radius 3 is 2.11 bits per heavy atom. The first-order chi connectivity index (χ1) is 9.00. The van der Waals surface area contributed by atoms with E-state index in [1.165, 1.54) is 6.42 Å². The molecule has 1 heterocycles. The molecule has 0 radical (unpaired) electrons. The quantitative estimate of drug-likeness (QED) is 0.815. The molecule has 1 aliphatic rings. The Balaban J connectivity index is 2.18. The van der Waals surface area contributed by atoms with E-state index in [0.29, 0.717) is 12.1 Å². The van der Waals surface area contributed by atoms with Gasteiger partial charge in [0.1, 0.15) is 0 Å². The molecule has 1 aromatic carbocycles. The average Bonchev–Trinajstić information content (AvgIpc) is 2.38. The summed E-state index contributed by atoms with van der Waals surface area (Å²) in [5.74, 6) is 0.171. The van der Waals surface area contributed by atoms with Gasteiger partial charge in [0.2, 0.25) is 0 Å². The summed E-state index contributed by atoms with van der Waals surface area (Å²) in [5.41, 5.74) is 1.92. The van der Waals surface area contributed by atoms with Crippen LogP contribution in [0.4, 0.5) is 5.69 Å². The van der Waals surface area contributed by atoms with Gasteiger partial charge in [-0.15, -0.1) is 0 Å². The lowest BCUT2D eigenvalue weighted by molar-refractivity contribution is 0.0511. The van der Waals surface area contributed by atoms with Gasteiger partial charge in [0.05, 0.1) is 0 Å². The number of carbonyl (C=O) groups excluding carboxylic acids is 1. The maximum Gasteiger partial charge on any atom is 0.254 e. The highest BCUT2D eigenvalue weighted by atomic mass is 16.2. The fourth-order valence-corrected chi connectivity index (χ4v) is 2.87. The van der Waals surface area contributed by atoms with E-state index >= 15 is 0 Å². The molecule has 0 bridgehead atoms. The van der Waals surface area contributed by atoms with Gasteiger partial charge in [-0.1, -0.05) is 0 Å². The standard InChI is InChI=1S/C16H24N2O/c1-12-6-5-7-13(2)18(12)16(19)14-8-10-15(11-9-14)17(3)4/h8-13H,5-7H2,1-4H3. The summed E-state index contributed by atoms with van der Waals surface area (Å²) < 4.78 is 0. The molecule has 3 nitrogen and oxygen atoms in total. The number of carbonyl (C=O) groups is 1. The molecule has 2 rings (SSSR count). The van der Waals surface area contributed by atoms with Crippen LogP contribution in [-0.2, 0) is 0 Å². The third-order valence-electron chi connectivity index (χ3n) is 4.06. The summed E-state index contributed by atoms with van der Waals surface area (Å²) in [6.45, 7) is 4.31. The highest BCUT2D eigenvalue weighted by Gasteiger charge is 2.29. The monoisotopic (exact) mass is 260 g/mol. The van der Waals surface area contributed by atoms with E-state index in [1.54, 1.807) is 0 Å². The van der Waals surface area contributed by atoms with Gasteiger partial charge in [0, 0.05) is 37.4 Å². The fourth-order valence-electron chi connectivity index (χ4n) is 2.87. The van der Waals surface area contributed by atoms with Gasteiger partial charge in [-0.3, -0.25) is 4.79 Å². The molecule has 1 aromatic rings. The largest absolute Gasteiger partial charge is 0.378 e. The minimum absolute atomic E-state index is 0.171. The van der Waals surface area contributed by atoms with Crippen LogP contribution in [0.2, 0.25) is 0 Å². The normalized spacial score (nSPS) is 23.3. The highest BCUT2D eigenvalue weighted by molar-refractivity contribution is 5.95. The number of piperidine rings is 1. The maximum atomic E-state index is 12.6. The van der Waals surface area contributed by atoms with Crippen molar-refractivity contribution in [3.8, 4) is 0 Å². The summed E-state index contributed by atoms with van der Waals surface area (Å²) in [6.07, 6.45) is 3.46. The number of likely N-dealkylation sites (tertiary alicyclic amines) is 1. The SMILES string of the molecule is CC1CCCC(C)N1C(=O)c1ccc(N(C)C)cc1. The molecule has 2 atom stereocenters. The first-order valence-electron chi connectivity index (χ1n) is 7.10. The van der Waals surface area contributed by atoms with Gasteiger partial charge in [0.15, 0.2) is 0 Å². The lowest BCUT2D eigenvalue weighted by atomic mass is 9.96. The van der Waals surface area contributed by atoms with E-state index in [1.807, 2.05) is 48.2 Å². The highest BCUT2D eigenvalue weighted by Crippen LogP contribution is 2.25. The fraction of sp³-hybridized carbons (Fsp3) is 0.562. The molecule has 1 saturated heterocycles. The predicted molar refractivity (Wildman–Crippen MR) is 79.7 cm³/mol. The molecule has 1 aliphatic heterocycles. The molecule has 0 aromatic heterocycles. The van der Waals surface area contributed by atoms with Gasteiger partial charge in [-0.05, 0) is 57.4 Å². The zero-order chi connectivity index (χ0) is 14.0. The van der Waals surface area contributed by atoms with Crippen LogP contribution in [-0.4, -0.2) is 37.0 Å². The second-order valence-electron chi connectivity index (χ2n) is 5.78. The maximum absolute atomic E-state index is 12.6. The van der Waals surface area contributed by atoms with Gasteiger partial charge < -0.3 is 9.80 Å². The Bertz CT molecular complexity index is 429. The molecule has 19 heavy (non-hydrogen) atoms. The van der Waals surface area contributed by atoms with Gasteiger partial charge >= 0.3 is 0 Å². The van der Waals surface area contributed by atoms with Crippen molar-refractivity contribution in [3.05, 3.63) is 29.8 Å². The number of benzene rings is 1. The van der Waals surface area contributed by atoms with Crippen molar-refractivity contribution in [1.82, 2.24) is 4.90 Å². The van der Waals surface area contributed by atoms with E-state index in [9.17, 15) is 4.79 Å². The number of hydrogen-bond donors (Lipinski definition) is 0. The Morgan fingerprint density at radius 2 is 1.63 bits per heavy atom. The summed E-state index contributed by atoms with van der Waals surface area (Å²) >= 11 is 0. The number of hydrogen-bond acceptors (Lipinski definition) is 2. The number of anilines is 1. The van der Waals surface area contributed by atoms with Crippen molar-refractivity contribution < 1.29 is 4.79 Å². The molecule has 0 aliphatic carbocycles. The first-order valence-corrected chi connectivity index (χ1v) is 7.10. The molecular formula is C16H24N2O. The van der Waals surface area contributed by atoms with Crippen LogP contribution in [0.5, 0.6) is 0 Å². The summed E-state index contributed by atoms with van der Waals surface area (Å²) in [4.78, 5) is 16.7. The lowest BCUT2D eigenvalue weighted by Gasteiger charge is -2.39. The number of amides is 1. The smallest absolute Gasteiger partial charge is 0.254 e. The van der Waals surface area contributed by atoms with Crippen molar-refractivity contribution in [3.63, 3.8) is 0 Å². The Labute approximate surface area is 116 Å². The second kappa shape index (κ2) is 5.64. The minimum atomic E-state index is 0.171. The third-order valence-corrected chi connectivity index (χ3v) is 4.06. The molecular weight excluding hydrogens is 236 g/mol. The van der Waals surface area contributed by atoms with Gasteiger partial charge in [-0.25, -0.2) is 0 Å². The van der Waals surface area contributed by atoms with Crippen LogP contribution < -0.4 is 4.90 Å². The van der Waals surface area contributed by atoms with Crippen LogP contribution in [0.25, 0.3) is 0 Å². The van der Waals surface area contributed by atoms with Crippen LogP contribution >= 0.6 is 0 Å². The van der Waals surface area contributed by atoms with E-state index in [-0.39, 0.29) is 5.91 Å². The van der Waals surface area contributed by atoms with Crippen molar-refractivity contribution in [2.24, 2.45) is 0 Å². The van der Waals surface area contributed by atoms with E-state index in [2.05, 4.69) is 13.8 Å². The Kier molecular flexibility index (Phi) is 4.13. The molecule has 0 spiro atoms. The number of rotatable bonds is 2. The molecule has 0 saturated carbocycles. The van der Waals surface area contributed by atoms with Crippen LogP contribution in [0.1, 0.15) is 43.5 Å². The van der Waals surface area contributed by atoms with Crippen molar-refractivity contribution in [1.29, 1.82) is 0 Å². The van der Waals surface area contributed by atoms with Crippen LogP contribution in [0.3, 0.4) is 0 Å². The summed E-state index contributed by atoms with van der Waals surface area (Å²) in [6, 6.07) is 8.59. The topological polar surface area (TPSA) is 23.6 Å². The average molecular weight is 260 g/mol. The summed E-state index contributed by atoms with van der Waals surface area (Å²) in [7, 11) is 4.01. The lowest BCUT2D eigenvalue weighted by Crippen LogP contribution is -2.47. The third kappa shape index (κ3) is 2.91. The molecule has 2 unspecified atom stereocenters. The van der Waals surface area contributed by atoms with E-state index < -0.39 is 0 Å². The molecule has 1 amide bonds. The predicted octanol–water partition coefficient (Wildman–Crippen LogP) is 3.16. The van der Waals surface area contributed by atoms with Crippen LogP contribution in [0.15, 0.2) is 24.3 Å². The first kappa shape index (κ1) is 13.9. The number of nitrogens with zero attached hydrogens (tertiary/aromatic N) is 2. The van der Waals surface area contributed by atoms with Gasteiger partial charge in [0.25, 0.3) is 5.91 Å². The Hall–Kier alpha value is -1.51. The van der Waals surface area contributed by atoms with E-state index in [4.69, 9.17) is 0 Å².